The van der Waals surface area contributed by atoms with E-state index in [-0.39, 0.29) is 11.3 Å². The summed E-state index contributed by atoms with van der Waals surface area (Å²) < 4.78 is 6.45. The van der Waals surface area contributed by atoms with Gasteiger partial charge in [0.15, 0.2) is 0 Å². The van der Waals surface area contributed by atoms with Gasteiger partial charge in [0.2, 0.25) is 0 Å². The van der Waals surface area contributed by atoms with Crippen LogP contribution in [0.15, 0.2) is 156 Å². The van der Waals surface area contributed by atoms with E-state index in [4.69, 9.17) is 4.42 Å². The van der Waals surface area contributed by atoms with Crippen molar-refractivity contribution in [3.8, 4) is 22.3 Å². The standard InChI is InChI=1S/C45H35NO/c1-45(2)41-17-8-6-13-37(41)38-28-27-35(29-42(38)45)46(33-23-19-31(20-24-33)30-11-4-3-5-12-30)34-25-21-32(22-26-34)36-15-10-16-40-39-14-7-9-18-43(39)47-44(36)40/h3-14,16-29,36H,15H2,1-2H3. The molecule has 9 rings (SSSR count). The molecule has 2 heteroatoms. The molecule has 0 amide bonds. The van der Waals surface area contributed by atoms with Crippen molar-refractivity contribution in [1.29, 1.82) is 0 Å². The Bertz CT molecular complexity index is 2290. The molecular formula is C45H35NO. The summed E-state index contributed by atoms with van der Waals surface area (Å²) in [6.45, 7) is 4.69. The van der Waals surface area contributed by atoms with Gasteiger partial charge in [0.25, 0.3) is 0 Å². The van der Waals surface area contributed by atoms with Gasteiger partial charge in [-0.3, -0.25) is 0 Å². The van der Waals surface area contributed by atoms with Crippen LogP contribution in [0.2, 0.25) is 0 Å². The zero-order valence-electron chi connectivity index (χ0n) is 26.7. The summed E-state index contributed by atoms with van der Waals surface area (Å²) in [5.74, 6) is 1.25. The molecule has 2 aliphatic rings. The third-order valence-corrected chi connectivity index (χ3v) is 10.2. The average Bonchev–Trinajstić information content (AvgIpc) is 3.62. The maximum atomic E-state index is 6.45. The summed E-state index contributed by atoms with van der Waals surface area (Å²) in [7, 11) is 0. The minimum Gasteiger partial charge on any atom is -0.460 e. The second kappa shape index (κ2) is 10.7. The monoisotopic (exact) mass is 605 g/mol. The molecule has 0 radical (unpaired) electrons. The number of anilines is 3. The van der Waals surface area contributed by atoms with E-state index in [0.29, 0.717) is 0 Å². The third kappa shape index (κ3) is 4.47. The van der Waals surface area contributed by atoms with Crippen LogP contribution >= 0.6 is 0 Å². The molecule has 0 bridgehead atoms. The molecule has 1 aromatic heterocycles. The first-order chi connectivity index (χ1) is 23.1. The van der Waals surface area contributed by atoms with Gasteiger partial charge in [-0.05, 0) is 87.8 Å². The van der Waals surface area contributed by atoms with E-state index >= 15 is 0 Å². The van der Waals surface area contributed by atoms with E-state index in [2.05, 4.69) is 170 Å². The van der Waals surface area contributed by atoms with Gasteiger partial charge in [-0.1, -0.05) is 129 Å². The average molecular weight is 606 g/mol. The van der Waals surface area contributed by atoms with E-state index in [0.717, 1.165) is 34.8 Å². The summed E-state index contributed by atoms with van der Waals surface area (Å²) in [5, 5.41) is 1.19. The lowest BCUT2D eigenvalue weighted by Crippen LogP contribution is -2.16. The van der Waals surface area contributed by atoms with Crippen LogP contribution in [0.25, 0.3) is 39.3 Å². The molecule has 226 valence electrons. The molecule has 0 N–H and O–H groups in total. The van der Waals surface area contributed by atoms with Gasteiger partial charge in [-0.2, -0.15) is 0 Å². The second-order valence-corrected chi connectivity index (χ2v) is 13.3. The number of furan rings is 1. The van der Waals surface area contributed by atoms with Gasteiger partial charge >= 0.3 is 0 Å². The van der Waals surface area contributed by atoms with Crippen molar-refractivity contribution < 1.29 is 4.42 Å². The van der Waals surface area contributed by atoms with Crippen molar-refractivity contribution in [3.05, 3.63) is 180 Å². The molecule has 0 fully saturated rings. The van der Waals surface area contributed by atoms with E-state index in [1.54, 1.807) is 0 Å². The van der Waals surface area contributed by atoms with E-state index in [9.17, 15) is 0 Å². The summed E-state index contributed by atoms with van der Waals surface area (Å²) in [6, 6.07) is 52.9. The summed E-state index contributed by atoms with van der Waals surface area (Å²) >= 11 is 0. The molecule has 1 unspecified atom stereocenters. The SMILES string of the molecule is CC1(C)c2ccccc2-c2ccc(N(c3ccc(-c4ccccc4)cc3)c3ccc(C4CC=Cc5c4oc4ccccc54)cc3)cc21. The van der Waals surface area contributed by atoms with E-state index in [1.807, 2.05) is 6.07 Å². The van der Waals surface area contributed by atoms with Crippen molar-refractivity contribution in [2.75, 3.05) is 4.90 Å². The van der Waals surface area contributed by atoms with Gasteiger partial charge in [0, 0.05) is 39.3 Å². The van der Waals surface area contributed by atoms with E-state index in [1.165, 1.54) is 49.9 Å². The quantitative estimate of drug-likeness (QED) is 0.194. The van der Waals surface area contributed by atoms with Crippen molar-refractivity contribution in [3.63, 3.8) is 0 Å². The smallest absolute Gasteiger partial charge is 0.134 e. The summed E-state index contributed by atoms with van der Waals surface area (Å²) in [5.41, 5.74) is 14.6. The topological polar surface area (TPSA) is 16.4 Å². The molecule has 2 nitrogen and oxygen atoms in total. The number of hydrogen-bond acceptors (Lipinski definition) is 2. The van der Waals surface area contributed by atoms with Crippen molar-refractivity contribution in [1.82, 2.24) is 0 Å². The molecule has 0 spiro atoms. The Morgan fingerprint density at radius 3 is 2.04 bits per heavy atom. The van der Waals surface area contributed by atoms with Crippen LogP contribution in [0.3, 0.4) is 0 Å². The number of para-hydroxylation sites is 1. The molecule has 47 heavy (non-hydrogen) atoms. The van der Waals surface area contributed by atoms with Gasteiger partial charge in [-0.25, -0.2) is 0 Å². The number of hydrogen-bond donors (Lipinski definition) is 0. The molecule has 0 saturated carbocycles. The van der Waals surface area contributed by atoms with E-state index < -0.39 is 0 Å². The van der Waals surface area contributed by atoms with Crippen LogP contribution in [0, 0.1) is 0 Å². The number of benzene rings is 6. The van der Waals surface area contributed by atoms with Gasteiger partial charge in [0.05, 0.1) is 0 Å². The highest BCUT2D eigenvalue weighted by Crippen LogP contribution is 2.51. The zero-order chi connectivity index (χ0) is 31.5. The molecular weight excluding hydrogens is 571 g/mol. The maximum Gasteiger partial charge on any atom is 0.134 e. The first-order valence-corrected chi connectivity index (χ1v) is 16.5. The molecule has 1 heterocycles. The van der Waals surface area contributed by atoms with Crippen LogP contribution in [0.1, 0.15) is 54.2 Å². The fourth-order valence-electron chi connectivity index (χ4n) is 7.80. The third-order valence-electron chi connectivity index (χ3n) is 10.2. The lowest BCUT2D eigenvalue weighted by molar-refractivity contribution is 0.517. The Morgan fingerprint density at radius 2 is 1.23 bits per heavy atom. The molecule has 2 aliphatic carbocycles. The number of allylic oxidation sites excluding steroid dienone is 1. The summed E-state index contributed by atoms with van der Waals surface area (Å²) in [6.07, 6.45) is 5.44. The molecule has 7 aromatic rings. The fourth-order valence-corrected chi connectivity index (χ4v) is 7.80. The van der Waals surface area contributed by atoms with Crippen molar-refractivity contribution in [2.45, 2.75) is 31.6 Å². The lowest BCUT2D eigenvalue weighted by atomic mass is 9.82. The minimum atomic E-state index is -0.0760. The van der Waals surface area contributed by atoms with Gasteiger partial charge in [0.1, 0.15) is 11.3 Å². The normalized spacial score (nSPS) is 15.7. The van der Waals surface area contributed by atoms with Crippen LogP contribution in [0.4, 0.5) is 17.1 Å². The minimum absolute atomic E-state index is 0.0760. The van der Waals surface area contributed by atoms with Crippen LogP contribution in [0.5, 0.6) is 0 Å². The van der Waals surface area contributed by atoms with Crippen LogP contribution in [-0.4, -0.2) is 0 Å². The zero-order valence-corrected chi connectivity index (χ0v) is 26.7. The largest absolute Gasteiger partial charge is 0.460 e. The number of rotatable bonds is 5. The highest BCUT2D eigenvalue weighted by Gasteiger charge is 2.35. The molecule has 1 atom stereocenters. The first-order valence-electron chi connectivity index (χ1n) is 16.5. The van der Waals surface area contributed by atoms with Crippen LogP contribution in [-0.2, 0) is 5.41 Å². The predicted molar refractivity (Wildman–Crippen MR) is 196 cm³/mol. The molecule has 0 saturated heterocycles. The Balaban J connectivity index is 1.13. The Labute approximate surface area is 276 Å². The van der Waals surface area contributed by atoms with Gasteiger partial charge in [-0.15, -0.1) is 0 Å². The number of fused-ring (bicyclic) bond motifs is 6. The van der Waals surface area contributed by atoms with Crippen molar-refractivity contribution in [2.24, 2.45) is 0 Å². The maximum absolute atomic E-state index is 6.45. The fraction of sp³-hybridized carbons (Fsp3) is 0.111. The Hall–Kier alpha value is -5.60. The summed E-state index contributed by atoms with van der Waals surface area (Å²) in [4.78, 5) is 2.39. The Morgan fingerprint density at radius 1 is 0.596 bits per heavy atom. The molecule has 0 aliphatic heterocycles. The molecule has 6 aromatic carbocycles. The lowest BCUT2D eigenvalue weighted by Gasteiger charge is -2.28. The number of nitrogens with zero attached hydrogens (tertiary/aromatic N) is 1. The second-order valence-electron chi connectivity index (χ2n) is 13.3. The Kier molecular flexibility index (Phi) is 6.33. The van der Waals surface area contributed by atoms with Crippen LogP contribution < -0.4 is 4.90 Å². The first kappa shape index (κ1) is 27.7. The van der Waals surface area contributed by atoms with Crippen molar-refractivity contribution >= 4 is 34.1 Å². The highest BCUT2D eigenvalue weighted by atomic mass is 16.3. The highest BCUT2D eigenvalue weighted by molar-refractivity contribution is 5.90. The predicted octanol–water partition coefficient (Wildman–Crippen LogP) is 12.4. The van der Waals surface area contributed by atoms with Gasteiger partial charge < -0.3 is 9.32 Å².